The molecule has 0 radical (unpaired) electrons. The zero-order valence-electron chi connectivity index (χ0n) is 14.4. The normalized spacial score (nSPS) is 17.5. The molecule has 1 atom stereocenters. The van der Waals surface area contributed by atoms with E-state index in [1.807, 2.05) is 12.1 Å². The van der Waals surface area contributed by atoms with Gasteiger partial charge in [-0.3, -0.25) is 4.79 Å². The Labute approximate surface area is 160 Å². The molecule has 0 aliphatic carbocycles. The predicted molar refractivity (Wildman–Crippen MR) is 104 cm³/mol. The van der Waals surface area contributed by atoms with E-state index in [1.54, 1.807) is 12.1 Å². The molecule has 1 fully saturated rings. The van der Waals surface area contributed by atoms with Crippen LogP contribution in [0.5, 0.6) is 5.75 Å². The van der Waals surface area contributed by atoms with Gasteiger partial charge in [-0.1, -0.05) is 23.7 Å². The number of guanidine groups is 1. The van der Waals surface area contributed by atoms with E-state index in [4.69, 9.17) is 23.1 Å². The van der Waals surface area contributed by atoms with Crippen LogP contribution in [0.15, 0.2) is 29.3 Å². The van der Waals surface area contributed by atoms with Crippen LogP contribution in [0.1, 0.15) is 28.9 Å². The van der Waals surface area contributed by atoms with Gasteiger partial charge in [0.2, 0.25) is 0 Å². The first-order valence-electron chi connectivity index (χ1n) is 8.42. The van der Waals surface area contributed by atoms with Crippen molar-refractivity contribution in [2.45, 2.75) is 25.3 Å². The Hall–Kier alpha value is -3.07. The van der Waals surface area contributed by atoms with Crippen LogP contribution in [-0.2, 0) is 6.42 Å². The Bertz CT molecular complexity index is 870. The summed E-state index contributed by atoms with van der Waals surface area (Å²) in [6, 6.07) is 7.33. The van der Waals surface area contributed by atoms with E-state index in [0.29, 0.717) is 12.5 Å². The summed E-state index contributed by atoms with van der Waals surface area (Å²) in [7, 11) is 0. The Kier molecular flexibility index (Phi) is 5.60. The minimum atomic E-state index is -0.651. The fourth-order valence-electron chi connectivity index (χ4n) is 2.73. The second kappa shape index (κ2) is 8.09. The zero-order chi connectivity index (χ0) is 19.4. The monoisotopic (exact) mass is 389 g/mol. The summed E-state index contributed by atoms with van der Waals surface area (Å²) in [6.45, 7) is 0.658. The predicted octanol–water partition coefficient (Wildman–Crippen LogP) is 1.08. The highest BCUT2D eigenvalue weighted by Gasteiger charge is 2.21. The van der Waals surface area contributed by atoms with Crippen molar-refractivity contribution in [2.75, 3.05) is 18.0 Å². The molecular weight excluding hydrogens is 370 g/mol. The third kappa shape index (κ3) is 4.76. The van der Waals surface area contributed by atoms with Crippen LogP contribution < -0.4 is 22.1 Å². The summed E-state index contributed by atoms with van der Waals surface area (Å²) in [6.07, 6.45) is 2.76. The number of benzene rings is 1. The van der Waals surface area contributed by atoms with Gasteiger partial charge in [-0.15, -0.1) is 0 Å². The van der Waals surface area contributed by atoms with Gasteiger partial charge in [0.25, 0.3) is 0 Å². The molecule has 1 aromatic carbocycles. The molecular formula is C17H20ClN7O2. The number of nitrogens with two attached hydrogens (primary N) is 2. The van der Waals surface area contributed by atoms with Gasteiger partial charge >= 0.3 is 5.91 Å². The van der Waals surface area contributed by atoms with E-state index < -0.39 is 5.91 Å². The molecule has 1 aromatic heterocycles. The fraction of sp³-hybridized carbons (Fsp3) is 0.294. The van der Waals surface area contributed by atoms with Crippen molar-refractivity contribution >= 4 is 35.1 Å². The lowest BCUT2D eigenvalue weighted by molar-refractivity contribution is 0.0998. The van der Waals surface area contributed by atoms with Crippen molar-refractivity contribution in [3.05, 3.63) is 40.7 Å². The minimum absolute atomic E-state index is 0.0378. The quantitative estimate of drug-likeness (QED) is 0.509. The molecule has 142 valence electrons. The van der Waals surface area contributed by atoms with E-state index in [9.17, 15) is 9.90 Å². The molecule has 0 spiro atoms. The van der Waals surface area contributed by atoms with Crippen molar-refractivity contribution in [1.82, 2.24) is 20.6 Å². The number of aryl methyl sites for hydroxylation is 1. The van der Waals surface area contributed by atoms with Crippen LogP contribution in [0.25, 0.3) is 0 Å². The number of hydrogen-bond donors (Lipinski definition) is 5. The van der Waals surface area contributed by atoms with Gasteiger partial charge in [0.15, 0.2) is 28.4 Å². The second-order valence-electron chi connectivity index (χ2n) is 6.18. The first-order chi connectivity index (χ1) is 12.9. The van der Waals surface area contributed by atoms with Crippen LogP contribution in [0.4, 0.5) is 11.6 Å². The van der Waals surface area contributed by atoms with Crippen molar-refractivity contribution in [3.8, 4) is 5.75 Å². The molecule has 27 heavy (non-hydrogen) atoms. The number of carbonyl (C=O) groups excluding carboxylic acids is 1. The molecule has 1 saturated heterocycles. The van der Waals surface area contributed by atoms with E-state index in [-0.39, 0.29) is 34.3 Å². The van der Waals surface area contributed by atoms with Crippen LogP contribution in [0.2, 0.25) is 5.15 Å². The Morgan fingerprint density at radius 1 is 1.26 bits per heavy atom. The van der Waals surface area contributed by atoms with E-state index in [2.05, 4.69) is 25.6 Å². The number of halogens is 1. The maximum Gasteiger partial charge on any atom is 0.302 e. The number of nitrogen functional groups attached to an aromatic ring is 2. The number of hydrogen-bond acceptors (Lipinski definition) is 6. The number of phenols is 1. The number of anilines is 2. The molecule has 1 aliphatic rings. The van der Waals surface area contributed by atoms with Crippen molar-refractivity contribution in [1.29, 1.82) is 0 Å². The van der Waals surface area contributed by atoms with Gasteiger partial charge < -0.3 is 27.2 Å². The molecule has 7 N–H and O–H groups in total. The molecule has 9 nitrogen and oxygen atoms in total. The fourth-order valence-corrected chi connectivity index (χ4v) is 2.86. The lowest BCUT2D eigenvalue weighted by Crippen LogP contribution is -2.29. The number of aromatic hydroxyl groups is 1. The highest BCUT2D eigenvalue weighted by Crippen LogP contribution is 2.18. The largest absolute Gasteiger partial charge is 0.508 e. The smallest absolute Gasteiger partial charge is 0.302 e. The van der Waals surface area contributed by atoms with E-state index >= 15 is 0 Å². The van der Waals surface area contributed by atoms with Crippen LogP contribution in [0, 0.1) is 0 Å². The van der Waals surface area contributed by atoms with Gasteiger partial charge in [-0.25, -0.2) is 9.97 Å². The summed E-state index contributed by atoms with van der Waals surface area (Å²) >= 11 is 5.79. The molecule has 0 bridgehead atoms. The van der Waals surface area contributed by atoms with E-state index in [0.717, 1.165) is 24.8 Å². The number of carbonyl (C=O) groups is 1. The maximum atomic E-state index is 12.2. The summed E-state index contributed by atoms with van der Waals surface area (Å²) in [5.74, 6) is -0.178. The van der Waals surface area contributed by atoms with Gasteiger partial charge in [0.1, 0.15) is 5.75 Å². The maximum absolute atomic E-state index is 12.2. The average molecular weight is 390 g/mol. The highest BCUT2D eigenvalue weighted by atomic mass is 35.5. The molecule has 1 aliphatic heterocycles. The number of phenolic OH excluding ortho intramolecular Hbond substituents is 1. The number of nitrogens with zero attached hydrogens (tertiary/aromatic N) is 3. The van der Waals surface area contributed by atoms with E-state index in [1.165, 1.54) is 0 Å². The molecule has 1 amide bonds. The molecule has 2 aromatic rings. The summed E-state index contributed by atoms with van der Waals surface area (Å²) < 4.78 is 0. The zero-order valence-corrected chi connectivity index (χ0v) is 15.2. The number of aliphatic imine (C=N–C) groups is 1. The lowest BCUT2D eigenvalue weighted by Gasteiger charge is -2.09. The topological polar surface area (TPSA) is 152 Å². The first-order valence-corrected chi connectivity index (χ1v) is 8.80. The Morgan fingerprint density at radius 2 is 2.00 bits per heavy atom. The Morgan fingerprint density at radius 3 is 2.74 bits per heavy atom. The number of aromatic nitrogens is 2. The number of rotatable bonds is 5. The third-order valence-corrected chi connectivity index (χ3v) is 4.41. The third-order valence-electron chi connectivity index (χ3n) is 4.13. The molecule has 10 heteroatoms. The molecule has 1 unspecified atom stereocenters. The first kappa shape index (κ1) is 18.7. The van der Waals surface area contributed by atoms with Crippen molar-refractivity contribution < 1.29 is 9.90 Å². The standard InChI is InChI=1S/C17H20ClN7O2/c18-13-15(20)24-14(19)12(23-13)16(27)25-17-21-8-10(22-17)3-1-2-9-4-6-11(26)7-5-9/h4-7,10,26H,1-3,8H2,(H4,19,20,24)(H2,21,22,25,27). The van der Waals surface area contributed by atoms with Gasteiger partial charge in [-0.05, 0) is 37.0 Å². The van der Waals surface area contributed by atoms with Gasteiger partial charge in [-0.2, -0.15) is 4.99 Å². The van der Waals surface area contributed by atoms with Gasteiger partial charge in [0, 0.05) is 12.6 Å². The second-order valence-corrected chi connectivity index (χ2v) is 6.54. The number of amides is 1. The van der Waals surface area contributed by atoms with Crippen molar-refractivity contribution in [2.24, 2.45) is 4.99 Å². The average Bonchev–Trinajstić information content (AvgIpc) is 3.07. The highest BCUT2D eigenvalue weighted by molar-refractivity contribution is 6.31. The molecule has 0 saturated carbocycles. The SMILES string of the molecule is Nc1nc(N)c(C(=O)/N=C2\NCC(CCCc3ccc(O)cc3)N2)nc1Cl. The van der Waals surface area contributed by atoms with Crippen LogP contribution in [0.3, 0.4) is 0 Å². The van der Waals surface area contributed by atoms with Crippen LogP contribution in [-0.4, -0.2) is 39.5 Å². The summed E-state index contributed by atoms with van der Waals surface area (Å²) in [4.78, 5) is 23.8. The summed E-state index contributed by atoms with van der Waals surface area (Å²) in [5.41, 5.74) is 12.2. The molecule has 3 rings (SSSR count). The Balaban J connectivity index is 1.53. The van der Waals surface area contributed by atoms with Crippen LogP contribution >= 0.6 is 11.6 Å². The lowest BCUT2D eigenvalue weighted by atomic mass is 10.1. The van der Waals surface area contributed by atoms with Crippen molar-refractivity contribution in [3.63, 3.8) is 0 Å². The summed E-state index contributed by atoms with van der Waals surface area (Å²) in [5, 5.41) is 15.4. The van der Waals surface area contributed by atoms with Gasteiger partial charge in [0.05, 0.1) is 0 Å². The molecule has 2 heterocycles. The number of nitrogens with one attached hydrogen (secondary N) is 2. The minimum Gasteiger partial charge on any atom is -0.508 e.